The fraction of sp³-hybridized carbons (Fsp3) is 0.417. The van der Waals surface area contributed by atoms with Crippen molar-refractivity contribution in [1.82, 2.24) is 4.90 Å². The van der Waals surface area contributed by atoms with Gasteiger partial charge in [-0.1, -0.05) is 6.07 Å². The number of hydrogen-bond acceptors (Lipinski definition) is 2. The first-order chi connectivity index (χ1) is 8.06. The van der Waals surface area contributed by atoms with E-state index >= 15 is 0 Å². The summed E-state index contributed by atoms with van der Waals surface area (Å²) in [6.07, 6.45) is 1.08. The maximum atomic E-state index is 13.3. The van der Waals surface area contributed by atoms with Crippen LogP contribution in [-0.4, -0.2) is 29.9 Å². The SMILES string of the molecule is Cl.NC1CCN(C(=O)Cc2ccc(Br)c(F)c2)C1. The Balaban J connectivity index is 0.00000162. The second-order valence-electron chi connectivity index (χ2n) is 4.31. The minimum absolute atomic E-state index is 0. The molecule has 1 atom stereocenters. The van der Waals surface area contributed by atoms with Gasteiger partial charge in [-0.05, 0) is 40.0 Å². The predicted octanol–water partition coefficient (Wildman–Crippen LogP) is 2.11. The molecule has 100 valence electrons. The van der Waals surface area contributed by atoms with Crippen LogP contribution in [0.1, 0.15) is 12.0 Å². The van der Waals surface area contributed by atoms with Crippen LogP contribution >= 0.6 is 28.3 Å². The number of amides is 1. The van der Waals surface area contributed by atoms with Gasteiger partial charge in [-0.3, -0.25) is 4.79 Å². The lowest BCUT2D eigenvalue weighted by Crippen LogP contribution is -2.32. The molecule has 1 aliphatic heterocycles. The molecule has 2 rings (SSSR count). The summed E-state index contributed by atoms with van der Waals surface area (Å²) in [6.45, 7) is 1.32. The molecule has 3 nitrogen and oxygen atoms in total. The maximum absolute atomic E-state index is 13.3. The Hall–Kier alpha value is -0.650. The molecule has 0 spiro atoms. The second-order valence-corrected chi connectivity index (χ2v) is 5.17. The van der Waals surface area contributed by atoms with Crippen molar-refractivity contribution in [2.24, 2.45) is 5.73 Å². The average Bonchev–Trinajstić information content (AvgIpc) is 2.70. The Morgan fingerprint density at radius 1 is 1.56 bits per heavy atom. The lowest BCUT2D eigenvalue weighted by atomic mass is 10.1. The third-order valence-electron chi connectivity index (χ3n) is 2.92. The Labute approximate surface area is 120 Å². The molecule has 6 heteroatoms. The van der Waals surface area contributed by atoms with E-state index in [9.17, 15) is 9.18 Å². The fourth-order valence-corrected chi connectivity index (χ4v) is 2.20. The zero-order valence-electron chi connectivity index (χ0n) is 9.73. The van der Waals surface area contributed by atoms with Crippen LogP contribution in [0.4, 0.5) is 4.39 Å². The van der Waals surface area contributed by atoms with E-state index in [2.05, 4.69) is 15.9 Å². The van der Waals surface area contributed by atoms with E-state index in [0.717, 1.165) is 6.42 Å². The van der Waals surface area contributed by atoms with Gasteiger partial charge in [0.05, 0.1) is 10.9 Å². The Bertz CT molecular complexity index is 444. The van der Waals surface area contributed by atoms with Gasteiger partial charge in [0, 0.05) is 19.1 Å². The lowest BCUT2D eigenvalue weighted by molar-refractivity contribution is -0.129. The van der Waals surface area contributed by atoms with Crippen molar-refractivity contribution in [3.05, 3.63) is 34.1 Å². The average molecular weight is 338 g/mol. The van der Waals surface area contributed by atoms with Gasteiger partial charge in [-0.25, -0.2) is 4.39 Å². The van der Waals surface area contributed by atoms with E-state index in [1.165, 1.54) is 6.07 Å². The van der Waals surface area contributed by atoms with Gasteiger partial charge < -0.3 is 10.6 Å². The highest BCUT2D eigenvalue weighted by Crippen LogP contribution is 2.17. The van der Waals surface area contributed by atoms with Gasteiger partial charge in [0.2, 0.25) is 5.91 Å². The molecule has 2 N–H and O–H groups in total. The summed E-state index contributed by atoms with van der Waals surface area (Å²) in [5.41, 5.74) is 6.43. The van der Waals surface area contributed by atoms with Crippen LogP contribution in [0, 0.1) is 5.82 Å². The molecule has 0 aromatic heterocycles. The summed E-state index contributed by atoms with van der Waals surface area (Å²) < 4.78 is 13.7. The Kier molecular flexibility index (Phi) is 5.56. The maximum Gasteiger partial charge on any atom is 0.227 e. The number of nitrogens with zero attached hydrogens (tertiary/aromatic N) is 1. The smallest absolute Gasteiger partial charge is 0.227 e. The van der Waals surface area contributed by atoms with Crippen molar-refractivity contribution in [3.63, 3.8) is 0 Å². The first-order valence-corrected chi connectivity index (χ1v) is 6.33. The summed E-state index contributed by atoms with van der Waals surface area (Å²) in [6, 6.07) is 4.84. The van der Waals surface area contributed by atoms with Gasteiger partial charge in [-0.15, -0.1) is 12.4 Å². The molecule has 18 heavy (non-hydrogen) atoms. The van der Waals surface area contributed by atoms with Crippen LogP contribution < -0.4 is 5.73 Å². The molecule has 0 aliphatic carbocycles. The zero-order chi connectivity index (χ0) is 12.4. The largest absolute Gasteiger partial charge is 0.341 e. The number of rotatable bonds is 2. The Morgan fingerprint density at radius 3 is 2.83 bits per heavy atom. The standard InChI is InChI=1S/C12H14BrFN2O.ClH/c13-10-2-1-8(5-11(10)14)6-12(17)16-4-3-9(15)7-16;/h1-2,5,9H,3-4,6-7,15H2;1H. The molecule has 1 unspecified atom stereocenters. The molecular weight excluding hydrogens is 322 g/mol. The van der Waals surface area contributed by atoms with Crippen LogP contribution in [0.5, 0.6) is 0 Å². The molecular formula is C12H15BrClFN2O. The van der Waals surface area contributed by atoms with Crippen LogP contribution in [0.25, 0.3) is 0 Å². The van der Waals surface area contributed by atoms with Crippen LogP contribution in [0.2, 0.25) is 0 Å². The van der Waals surface area contributed by atoms with Crippen LogP contribution in [-0.2, 0) is 11.2 Å². The first kappa shape index (κ1) is 15.4. The number of halogens is 3. The summed E-state index contributed by atoms with van der Waals surface area (Å²) in [5.74, 6) is -0.326. The van der Waals surface area contributed by atoms with Crippen LogP contribution in [0.3, 0.4) is 0 Å². The highest BCUT2D eigenvalue weighted by Gasteiger charge is 2.23. The highest BCUT2D eigenvalue weighted by atomic mass is 79.9. The van der Waals surface area contributed by atoms with E-state index in [4.69, 9.17) is 5.73 Å². The molecule has 0 radical (unpaired) electrons. The van der Waals surface area contributed by atoms with Gasteiger partial charge in [0.1, 0.15) is 5.82 Å². The zero-order valence-corrected chi connectivity index (χ0v) is 12.1. The number of hydrogen-bond donors (Lipinski definition) is 1. The van der Waals surface area contributed by atoms with Crippen molar-refractivity contribution in [3.8, 4) is 0 Å². The van der Waals surface area contributed by atoms with Crippen molar-refractivity contribution in [1.29, 1.82) is 0 Å². The third-order valence-corrected chi connectivity index (χ3v) is 3.56. The van der Waals surface area contributed by atoms with E-state index in [0.29, 0.717) is 23.1 Å². The third kappa shape index (κ3) is 3.67. The van der Waals surface area contributed by atoms with Crippen molar-refractivity contribution >= 4 is 34.2 Å². The molecule has 1 aromatic rings. The molecule has 0 bridgehead atoms. The first-order valence-electron chi connectivity index (χ1n) is 5.53. The Morgan fingerprint density at radius 2 is 2.28 bits per heavy atom. The summed E-state index contributed by atoms with van der Waals surface area (Å²) >= 11 is 3.08. The number of nitrogens with two attached hydrogens (primary N) is 1. The number of likely N-dealkylation sites (tertiary alicyclic amines) is 1. The van der Waals surface area contributed by atoms with E-state index < -0.39 is 0 Å². The van der Waals surface area contributed by atoms with Crippen molar-refractivity contribution in [2.45, 2.75) is 18.9 Å². The molecule has 1 heterocycles. The molecule has 1 saturated heterocycles. The predicted molar refractivity (Wildman–Crippen MR) is 74.2 cm³/mol. The van der Waals surface area contributed by atoms with Gasteiger partial charge in [-0.2, -0.15) is 0 Å². The topological polar surface area (TPSA) is 46.3 Å². The van der Waals surface area contributed by atoms with Crippen molar-refractivity contribution < 1.29 is 9.18 Å². The summed E-state index contributed by atoms with van der Waals surface area (Å²) in [5, 5.41) is 0. The number of carbonyl (C=O) groups is 1. The van der Waals surface area contributed by atoms with E-state index in [1.807, 2.05) is 0 Å². The fourth-order valence-electron chi connectivity index (χ4n) is 1.95. The normalized spacial score (nSPS) is 18.6. The molecule has 0 saturated carbocycles. The van der Waals surface area contributed by atoms with E-state index in [1.54, 1.807) is 17.0 Å². The highest BCUT2D eigenvalue weighted by molar-refractivity contribution is 9.10. The van der Waals surface area contributed by atoms with Crippen molar-refractivity contribution in [2.75, 3.05) is 13.1 Å². The van der Waals surface area contributed by atoms with Gasteiger partial charge in [0.25, 0.3) is 0 Å². The molecule has 1 aromatic carbocycles. The van der Waals surface area contributed by atoms with Gasteiger partial charge >= 0.3 is 0 Å². The second kappa shape index (κ2) is 6.50. The number of benzene rings is 1. The van der Waals surface area contributed by atoms with E-state index in [-0.39, 0.29) is 36.6 Å². The summed E-state index contributed by atoms with van der Waals surface area (Å²) in [7, 11) is 0. The van der Waals surface area contributed by atoms with Gasteiger partial charge in [0.15, 0.2) is 0 Å². The number of carbonyl (C=O) groups excluding carboxylic acids is 1. The van der Waals surface area contributed by atoms with Crippen LogP contribution in [0.15, 0.2) is 22.7 Å². The molecule has 1 amide bonds. The minimum atomic E-state index is -0.339. The monoisotopic (exact) mass is 336 g/mol. The molecule has 1 fully saturated rings. The quantitative estimate of drug-likeness (QED) is 0.898. The lowest BCUT2D eigenvalue weighted by Gasteiger charge is -2.15. The minimum Gasteiger partial charge on any atom is -0.341 e. The summed E-state index contributed by atoms with van der Waals surface area (Å²) in [4.78, 5) is 13.6. The molecule has 1 aliphatic rings.